The molecule has 0 unspecified atom stereocenters. The number of benzene rings is 3. The van der Waals surface area contributed by atoms with Crippen molar-refractivity contribution in [1.82, 2.24) is 14.5 Å². The lowest BCUT2D eigenvalue weighted by Gasteiger charge is -2.30. The van der Waals surface area contributed by atoms with Gasteiger partial charge in [0.05, 0.1) is 16.6 Å². The number of carbonyl (C=O) groups excluding carboxylic acids is 2. The zero-order valence-corrected chi connectivity index (χ0v) is 21.2. The van der Waals surface area contributed by atoms with Crippen LogP contribution in [-0.2, 0) is 16.1 Å². The van der Waals surface area contributed by atoms with Gasteiger partial charge in [0.25, 0.3) is 0 Å². The van der Waals surface area contributed by atoms with Crippen LogP contribution in [0.4, 0.5) is 0 Å². The van der Waals surface area contributed by atoms with E-state index in [1.165, 1.54) is 28.7 Å². The van der Waals surface area contributed by atoms with E-state index in [9.17, 15) is 14.4 Å². The molecule has 0 aliphatic carbocycles. The summed E-state index contributed by atoms with van der Waals surface area (Å²) in [6.07, 6.45) is 2.10. The Morgan fingerprint density at radius 2 is 1.51 bits per heavy atom. The number of para-hydroxylation sites is 2. The molecule has 0 spiro atoms. The predicted octanol–water partition coefficient (Wildman–Crippen LogP) is 4.78. The van der Waals surface area contributed by atoms with Crippen LogP contribution < -0.4 is 10.2 Å². The standard InChI is InChI=1S/C29H21N3O3S2/c33-26-23-22(20-16-31(15-17-9-3-1-4-10-17)21-14-8-7-13-19(20)21)25-28(36-24(23)27(34)30-26)32(29(35)37-25)18-11-5-2-6-12-18/h1-14,16,22-24H,15H2,(H,30,33,34)/t22-,23+,24+/m1/s1. The normalized spacial score (nSPS) is 20.6. The van der Waals surface area contributed by atoms with Crippen LogP contribution in [0.15, 0.2) is 101 Å². The number of nitrogens with one attached hydrogen (secondary N) is 1. The predicted molar refractivity (Wildman–Crippen MR) is 146 cm³/mol. The van der Waals surface area contributed by atoms with Crippen LogP contribution in [0.25, 0.3) is 16.6 Å². The molecule has 8 heteroatoms. The SMILES string of the molecule is O=C1NC(=O)[C@H]2Sc3c(sc(=O)n3-c3ccccc3)[C@H](c3cn(Cc4ccccc4)c4ccccc34)[C@H]12. The summed E-state index contributed by atoms with van der Waals surface area (Å²) in [7, 11) is 0. The van der Waals surface area contributed by atoms with Crippen LogP contribution in [-0.4, -0.2) is 26.2 Å². The second kappa shape index (κ2) is 8.61. The minimum Gasteiger partial charge on any atom is -0.343 e. The van der Waals surface area contributed by atoms with Crippen LogP contribution in [0, 0.1) is 5.92 Å². The van der Waals surface area contributed by atoms with Crippen molar-refractivity contribution >= 4 is 45.8 Å². The molecule has 1 N–H and O–H groups in total. The lowest BCUT2D eigenvalue weighted by molar-refractivity contribution is -0.125. The van der Waals surface area contributed by atoms with Gasteiger partial charge in [-0.3, -0.25) is 24.3 Å². The van der Waals surface area contributed by atoms with Crippen LogP contribution in [0.3, 0.4) is 0 Å². The third-order valence-electron chi connectivity index (χ3n) is 7.17. The summed E-state index contributed by atoms with van der Waals surface area (Å²) in [5.41, 5.74) is 3.94. The van der Waals surface area contributed by atoms with E-state index in [-0.39, 0.29) is 16.7 Å². The third kappa shape index (κ3) is 3.51. The lowest BCUT2D eigenvalue weighted by atomic mass is 9.83. The molecule has 1 saturated heterocycles. The minimum atomic E-state index is -0.592. The fourth-order valence-electron chi connectivity index (χ4n) is 5.56. The Morgan fingerprint density at radius 1 is 0.811 bits per heavy atom. The number of thioether (sulfide) groups is 1. The van der Waals surface area contributed by atoms with E-state index in [4.69, 9.17) is 0 Å². The zero-order chi connectivity index (χ0) is 25.1. The van der Waals surface area contributed by atoms with Gasteiger partial charge in [-0.15, -0.1) is 0 Å². The number of carbonyl (C=O) groups is 2. The quantitative estimate of drug-likeness (QED) is 0.344. The maximum atomic E-state index is 13.4. The number of thiazole rings is 1. The van der Waals surface area contributed by atoms with Gasteiger partial charge in [-0.05, 0) is 29.3 Å². The molecule has 2 amide bonds. The van der Waals surface area contributed by atoms with Crippen molar-refractivity contribution in [3.63, 3.8) is 0 Å². The van der Waals surface area contributed by atoms with E-state index in [0.29, 0.717) is 6.54 Å². The first-order valence-corrected chi connectivity index (χ1v) is 13.7. The Balaban J connectivity index is 1.46. The number of rotatable bonds is 4. The summed E-state index contributed by atoms with van der Waals surface area (Å²) in [5.74, 6) is -1.55. The summed E-state index contributed by atoms with van der Waals surface area (Å²) >= 11 is 2.50. The van der Waals surface area contributed by atoms with Crippen molar-refractivity contribution in [2.45, 2.75) is 22.7 Å². The number of hydrogen-bond acceptors (Lipinski definition) is 5. The molecule has 3 atom stereocenters. The maximum Gasteiger partial charge on any atom is 0.312 e. The second-order valence-corrected chi connectivity index (χ2v) is 11.4. The molecule has 7 rings (SSSR count). The molecule has 0 radical (unpaired) electrons. The highest BCUT2D eigenvalue weighted by Crippen LogP contribution is 2.53. The summed E-state index contributed by atoms with van der Waals surface area (Å²) in [6.45, 7) is 0.677. The molecule has 2 aliphatic rings. The molecule has 0 bridgehead atoms. The minimum absolute atomic E-state index is 0.116. The average molecular weight is 524 g/mol. The zero-order valence-electron chi connectivity index (χ0n) is 19.5. The van der Waals surface area contributed by atoms with Gasteiger partial charge in [-0.25, -0.2) is 0 Å². The van der Waals surface area contributed by atoms with Crippen LogP contribution >= 0.6 is 23.1 Å². The Morgan fingerprint density at radius 3 is 2.30 bits per heavy atom. The summed E-state index contributed by atoms with van der Waals surface area (Å²) in [6, 6.07) is 27.8. The molecule has 0 saturated carbocycles. The molecular formula is C29H21N3O3S2. The Bertz CT molecular complexity index is 1740. The lowest BCUT2D eigenvalue weighted by Crippen LogP contribution is -2.31. The summed E-state index contributed by atoms with van der Waals surface area (Å²) in [4.78, 5) is 40.2. The van der Waals surface area contributed by atoms with E-state index in [1.54, 1.807) is 4.57 Å². The molecule has 3 aromatic carbocycles. The second-order valence-electron chi connectivity index (χ2n) is 9.32. The van der Waals surface area contributed by atoms with E-state index in [0.717, 1.165) is 32.1 Å². The van der Waals surface area contributed by atoms with E-state index in [1.807, 2.05) is 60.7 Å². The number of nitrogens with zero attached hydrogens (tertiary/aromatic N) is 2. The fourth-order valence-corrected chi connectivity index (χ4v) is 8.32. The van der Waals surface area contributed by atoms with Crippen molar-refractivity contribution < 1.29 is 9.59 Å². The first-order valence-electron chi connectivity index (χ1n) is 12.0. The topological polar surface area (TPSA) is 73.1 Å². The average Bonchev–Trinajstić information content (AvgIpc) is 3.54. The van der Waals surface area contributed by atoms with Gasteiger partial charge in [0, 0.05) is 34.4 Å². The molecular weight excluding hydrogens is 502 g/mol. The molecule has 5 aromatic rings. The number of aromatic nitrogens is 2. The van der Waals surface area contributed by atoms with Crippen LogP contribution in [0.1, 0.15) is 21.9 Å². The third-order valence-corrected chi connectivity index (χ3v) is 9.71. The van der Waals surface area contributed by atoms with E-state index in [2.05, 4.69) is 40.3 Å². The molecule has 6 nitrogen and oxygen atoms in total. The Hall–Kier alpha value is -3.88. The van der Waals surface area contributed by atoms with Crippen molar-refractivity contribution in [2.75, 3.05) is 0 Å². The largest absolute Gasteiger partial charge is 0.343 e. The van der Waals surface area contributed by atoms with Crippen LogP contribution in [0.2, 0.25) is 0 Å². The molecule has 2 aliphatic heterocycles. The van der Waals surface area contributed by atoms with Crippen LogP contribution in [0.5, 0.6) is 0 Å². The highest BCUT2D eigenvalue weighted by atomic mass is 32.2. The molecule has 1 fully saturated rings. The van der Waals surface area contributed by atoms with Crippen molar-refractivity contribution in [2.24, 2.45) is 5.92 Å². The fraction of sp³-hybridized carbons (Fsp3) is 0.138. The number of imide groups is 1. The molecule has 37 heavy (non-hydrogen) atoms. The summed E-state index contributed by atoms with van der Waals surface area (Å²) < 4.78 is 3.88. The molecule has 4 heterocycles. The van der Waals surface area contributed by atoms with E-state index < -0.39 is 17.1 Å². The first kappa shape index (κ1) is 22.3. The summed E-state index contributed by atoms with van der Waals surface area (Å²) in [5, 5.41) is 3.75. The van der Waals surface area contributed by atoms with Gasteiger partial charge < -0.3 is 4.57 Å². The molecule has 2 aromatic heterocycles. The smallest absolute Gasteiger partial charge is 0.312 e. The number of fused-ring (bicyclic) bond motifs is 3. The van der Waals surface area contributed by atoms with Gasteiger partial charge >= 0.3 is 4.87 Å². The number of amides is 2. The molecule has 182 valence electrons. The van der Waals surface area contributed by atoms with Gasteiger partial charge in [0.1, 0.15) is 5.25 Å². The van der Waals surface area contributed by atoms with Gasteiger partial charge in [-0.2, -0.15) is 0 Å². The van der Waals surface area contributed by atoms with Crippen molar-refractivity contribution in [1.29, 1.82) is 0 Å². The highest BCUT2D eigenvalue weighted by Gasteiger charge is 2.53. The number of hydrogen-bond donors (Lipinski definition) is 1. The monoisotopic (exact) mass is 523 g/mol. The first-order chi connectivity index (χ1) is 18.1. The highest BCUT2D eigenvalue weighted by molar-refractivity contribution is 8.00. The van der Waals surface area contributed by atoms with Gasteiger partial charge in [0.2, 0.25) is 11.8 Å². The maximum absolute atomic E-state index is 13.4. The van der Waals surface area contributed by atoms with Crippen molar-refractivity contribution in [3.8, 4) is 5.69 Å². The van der Waals surface area contributed by atoms with Gasteiger partial charge in [-0.1, -0.05) is 89.8 Å². The Kier molecular flexibility index (Phi) is 5.19. The Labute approximate surface area is 220 Å². The van der Waals surface area contributed by atoms with Crippen molar-refractivity contribution in [3.05, 3.63) is 117 Å². The van der Waals surface area contributed by atoms with E-state index >= 15 is 0 Å². The van der Waals surface area contributed by atoms with Gasteiger partial charge in [0.15, 0.2) is 0 Å².